The van der Waals surface area contributed by atoms with E-state index in [0.29, 0.717) is 20.5 Å². The van der Waals surface area contributed by atoms with E-state index in [1.807, 2.05) is 67.6 Å². The minimum Gasteiger partial charge on any atom is -0.301 e. The number of rotatable bonds is 6. The molecule has 6 rings (SSSR count). The van der Waals surface area contributed by atoms with Crippen molar-refractivity contribution in [3.8, 4) is 16.8 Å². The van der Waals surface area contributed by atoms with Crippen LogP contribution >= 0.6 is 34.4 Å². The number of nitrogens with one attached hydrogen (secondary N) is 1. The Morgan fingerprint density at radius 3 is 2.49 bits per heavy atom. The molecule has 6 nitrogen and oxygen atoms in total. The van der Waals surface area contributed by atoms with Crippen LogP contribution in [0.3, 0.4) is 0 Å². The molecule has 0 saturated carbocycles. The zero-order valence-electron chi connectivity index (χ0n) is 20.2. The van der Waals surface area contributed by atoms with E-state index in [1.54, 1.807) is 15.9 Å². The number of para-hydroxylation sites is 1. The molecule has 1 amide bonds. The van der Waals surface area contributed by atoms with E-state index >= 15 is 0 Å². The summed E-state index contributed by atoms with van der Waals surface area (Å²) < 4.78 is 1.63. The van der Waals surface area contributed by atoms with Gasteiger partial charge in [0.15, 0.2) is 10.3 Å². The summed E-state index contributed by atoms with van der Waals surface area (Å²) in [5, 5.41) is 4.71. The van der Waals surface area contributed by atoms with Crippen molar-refractivity contribution in [3.05, 3.63) is 86.5 Å². The SMILES string of the molecule is Cc1sc2nc(SCC(=O)Nc3nc4c(s3)CCCC4)n(-c3ccccc3)c(=O)c2c1-c1ccccc1. The van der Waals surface area contributed by atoms with Gasteiger partial charge in [0, 0.05) is 15.3 Å². The van der Waals surface area contributed by atoms with Crippen molar-refractivity contribution in [2.45, 2.75) is 37.8 Å². The van der Waals surface area contributed by atoms with Gasteiger partial charge in [-0.3, -0.25) is 14.2 Å². The number of aryl methyl sites for hydroxylation is 3. The highest BCUT2D eigenvalue weighted by Gasteiger charge is 2.22. The predicted octanol–water partition coefficient (Wildman–Crippen LogP) is 6.49. The van der Waals surface area contributed by atoms with Gasteiger partial charge in [-0.2, -0.15) is 0 Å². The normalized spacial score (nSPS) is 13.0. The highest BCUT2D eigenvalue weighted by molar-refractivity contribution is 7.99. The van der Waals surface area contributed by atoms with Gasteiger partial charge in [-0.1, -0.05) is 60.3 Å². The Morgan fingerprint density at radius 1 is 1.00 bits per heavy atom. The van der Waals surface area contributed by atoms with Gasteiger partial charge >= 0.3 is 0 Å². The molecule has 0 atom stereocenters. The molecule has 2 aromatic carbocycles. The molecule has 0 radical (unpaired) electrons. The van der Waals surface area contributed by atoms with Crippen LogP contribution in [0.25, 0.3) is 27.0 Å². The summed E-state index contributed by atoms with van der Waals surface area (Å²) in [6.45, 7) is 2.02. The second-order valence-corrected chi connectivity index (χ2v) is 12.1. The molecule has 0 spiro atoms. The average Bonchev–Trinajstić information content (AvgIpc) is 3.48. The molecule has 0 saturated heterocycles. The van der Waals surface area contributed by atoms with Crippen molar-refractivity contribution in [2.75, 3.05) is 11.1 Å². The molecular weight excluding hydrogens is 521 g/mol. The number of benzene rings is 2. The highest BCUT2D eigenvalue weighted by atomic mass is 32.2. The number of thioether (sulfide) groups is 1. The molecule has 0 fully saturated rings. The van der Waals surface area contributed by atoms with Crippen LogP contribution in [0.15, 0.2) is 70.6 Å². The van der Waals surface area contributed by atoms with Gasteiger partial charge in [0.2, 0.25) is 5.91 Å². The Balaban J connectivity index is 1.36. The van der Waals surface area contributed by atoms with Crippen LogP contribution in [0.2, 0.25) is 0 Å². The van der Waals surface area contributed by atoms with Crippen molar-refractivity contribution in [1.82, 2.24) is 14.5 Å². The van der Waals surface area contributed by atoms with E-state index < -0.39 is 0 Å². The second kappa shape index (κ2) is 10.2. The van der Waals surface area contributed by atoms with Crippen LogP contribution in [0.5, 0.6) is 0 Å². The standard InChI is InChI=1S/C28H24N4O2S3/c1-17-23(18-10-4-2-5-11-18)24-25(36-17)31-28(32(26(24)34)19-12-6-3-7-13-19)35-16-22(33)30-27-29-20-14-8-9-15-21(20)37-27/h2-7,10-13H,8-9,14-16H2,1H3,(H,29,30,33). The Morgan fingerprint density at radius 2 is 1.73 bits per heavy atom. The second-order valence-electron chi connectivity index (χ2n) is 8.88. The van der Waals surface area contributed by atoms with Crippen LogP contribution in [0.1, 0.15) is 28.3 Å². The van der Waals surface area contributed by atoms with Crippen molar-refractivity contribution in [2.24, 2.45) is 0 Å². The molecule has 0 aliphatic heterocycles. The Labute approximate surface area is 226 Å². The first-order chi connectivity index (χ1) is 18.1. The number of fused-ring (bicyclic) bond motifs is 2. The lowest BCUT2D eigenvalue weighted by Crippen LogP contribution is -2.22. The maximum Gasteiger partial charge on any atom is 0.268 e. The van der Waals surface area contributed by atoms with Gasteiger partial charge in [0.05, 0.1) is 22.5 Å². The van der Waals surface area contributed by atoms with Crippen LogP contribution in [0.4, 0.5) is 5.13 Å². The topological polar surface area (TPSA) is 76.9 Å². The van der Waals surface area contributed by atoms with Gasteiger partial charge in [-0.05, 0) is 50.3 Å². The number of aromatic nitrogens is 3. The maximum absolute atomic E-state index is 14.0. The molecule has 1 aliphatic carbocycles. The molecule has 3 heterocycles. The third-order valence-corrected chi connectivity index (χ3v) is 9.38. The number of thiophene rings is 1. The minimum atomic E-state index is -0.155. The quantitative estimate of drug-likeness (QED) is 0.195. The number of hydrogen-bond acceptors (Lipinski definition) is 7. The largest absolute Gasteiger partial charge is 0.301 e. The lowest BCUT2D eigenvalue weighted by molar-refractivity contribution is -0.113. The summed E-state index contributed by atoms with van der Waals surface area (Å²) in [6.07, 6.45) is 4.35. The fraction of sp³-hybridized carbons (Fsp3) is 0.214. The van der Waals surface area contributed by atoms with Gasteiger partial charge < -0.3 is 5.32 Å². The van der Waals surface area contributed by atoms with E-state index in [9.17, 15) is 9.59 Å². The lowest BCUT2D eigenvalue weighted by atomic mass is 10.0. The summed E-state index contributed by atoms with van der Waals surface area (Å²) in [5.74, 6) is -0.0253. The van der Waals surface area contributed by atoms with Crippen molar-refractivity contribution < 1.29 is 4.79 Å². The third kappa shape index (κ3) is 4.74. The molecule has 37 heavy (non-hydrogen) atoms. The predicted molar refractivity (Wildman–Crippen MR) is 153 cm³/mol. The molecule has 5 aromatic rings. The molecule has 0 bridgehead atoms. The lowest BCUT2D eigenvalue weighted by Gasteiger charge is -2.12. The number of hydrogen-bond donors (Lipinski definition) is 1. The fourth-order valence-electron chi connectivity index (χ4n) is 4.69. The summed E-state index contributed by atoms with van der Waals surface area (Å²) in [5.41, 5.74) is 3.63. The van der Waals surface area contributed by atoms with Gasteiger partial charge in [0.25, 0.3) is 5.56 Å². The Bertz CT molecular complexity index is 1630. The number of carbonyl (C=O) groups is 1. The zero-order valence-corrected chi connectivity index (χ0v) is 22.6. The molecule has 9 heteroatoms. The maximum atomic E-state index is 14.0. The molecule has 1 N–H and O–H groups in total. The van der Waals surface area contributed by atoms with Gasteiger partial charge in [-0.15, -0.1) is 22.7 Å². The summed E-state index contributed by atoms with van der Waals surface area (Å²) >= 11 is 4.35. The monoisotopic (exact) mass is 544 g/mol. The van der Waals surface area contributed by atoms with Crippen molar-refractivity contribution in [1.29, 1.82) is 0 Å². The van der Waals surface area contributed by atoms with Crippen molar-refractivity contribution in [3.63, 3.8) is 0 Å². The highest BCUT2D eigenvalue weighted by Crippen LogP contribution is 2.37. The molecule has 0 unspecified atom stereocenters. The first-order valence-corrected chi connectivity index (χ1v) is 14.8. The van der Waals surface area contributed by atoms with Crippen molar-refractivity contribution >= 4 is 55.7 Å². The Hall–Kier alpha value is -3.27. The van der Waals surface area contributed by atoms with E-state index in [1.165, 1.54) is 34.4 Å². The number of nitrogens with zero attached hydrogens (tertiary/aromatic N) is 3. The number of amides is 1. The number of anilines is 1. The Kier molecular flexibility index (Phi) is 6.67. The summed E-state index contributed by atoms with van der Waals surface area (Å²) in [6, 6.07) is 19.4. The molecule has 1 aliphatic rings. The van der Waals surface area contributed by atoms with Crippen LogP contribution in [-0.2, 0) is 17.6 Å². The van der Waals surface area contributed by atoms with Gasteiger partial charge in [-0.25, -0.2) is 9.97 Å². The molecule has 3 aromatic heterocycles. The van der Waals surface area contributed by atoms with E-state index in [4.69, 9.17) is 4.98 Å². The average molecular weight is 545 g/mol. The van der Waals surface area contributed by atoms with E-state index in [-0.39, 0.29) is 17.2 Å². The molecular formula is C28H24N4O2S3. The van der Waals surface area contributed by atoms with E-state index in [0.717, 1.165) is 46.6 Å². The first-order valence-electron chi connectivity index (χ1n) is 12.2. The zero-order chi connectivity index (χ0) is 25.4. The van der Waals surface area contributed by atoms with Crippen LogP contribution < -0.4 is 10.9 Å². The van der Waals surface area contributed by atoms with Crippen LogP contribution in [0, 0.1) is 6.92 Å². The summed E-state index contributed by atoms with van der Waals surface area (Å²) in [4.78, 5) is 39.4. The van der Waals surface area contributed by atoms with Crippen LogP contribution in [-0.4, -0.2) is 26.2 Å². The molecule has 186 valence electrons. The minimum absolute atomic E-state index is 0.130. The summed E-state index contributed by atoms with van der Waals surface area (Å²) in [7, 11) is 0. The number of carbonyl (C=O) groups excluding carboxylic acids is 1. The first kappa shape index (κ1) is 24.1. The van der Waals surface area contributed by atoms with E-state index in [2.05, 4.69) is 10.3 Å². The number of thiazole rings is 1. The smallest absolute Gasteiger partial charge is 0.268 e. The van der Waals surface area contributed by atoms with Gasteiger partial charge in [0.1, 0.15) is 4.83 Å². The third-order valence-electron chi connectivity index (χ3n) is 6.37. The fourth-order valence-corrected chi connectivity index (χ4v) is 7.65.